The van der Waals surface area contributed by atoms with E-state index in [1.807, 2.05) is 0 Å². The Morgan fingerprint density at radius 2 is 2.41 bits per heavy atom. The van der Waals surface area contributed by atoms with Gasteiger partial charge < -0.3 is 5.32 Å². The van der Waals surface area contributed by atoms with Crippen LogP contribution in [-0.4, -0.2) is 42.5 Å². The summed E-state index contributed by atoms with van der Waals surface area (Å²) in [7, 11) is -1.94. The Bertz CT molecular complexity index is 463. The van der Waals surface area contributed by atoms with E-state index in [-0.39, 0.29) is 11.1 Å². The smallest absolute Gasteiger partial charge is 0.259 e. The second kappa shape index (κ2) is 5.11. The molecule has 0 spiro atoms. The first-order valence-electron chi connectivity index (χ1n) is 5.67. The molecule has 0 radical (unpaired) electrons. The van der Waals surface area contributed by atoms with Crippen molar-refractivity contribution in [3.63, 3.8) is 0 Å². The molecule has 8 heteroatoms. The molecule has 17 heavy (non-hydrogen) atoms. The van der Waals surface area contributed by atoms with E-state index >= 15 is 0 Å². The van der Waals surface area contributed by atoms with Crippen LogP contribution in [0.25, 0.3) is 0 Å². The van der Waals surface area contributed by atoms with E-state index in [9.17, 15) is 8.42 Å². The van der Waals surface area contributed by atoms with Crippen LogP contribution < -0.4 is 10.0 Å². The normalized spacial score (nSPS) is 21.6. The van der Waals surface area contributed by atoms with Crippen molar-refractivity contribution >= 4 is 10.0 Å². The molecule has 0 amide bonds. The highest BCUT2D eigenvalue weighted by Crippen LogP contribution is 2.08. The summed E-state index contributed by atoms with van der Waals surface area (Å²) in [5.41, 5.74) is 0. The predicted octanol–water partition coefficient (Wildman–Crippen LogP) is -0.764. The van der Waals surface area contributed by atoms with Gasteiger partial charge >= 0.3 is 0 Å². The van der Waals surface area contributed by atoms with Crippen molar-refractivity contribution in [1.29, 1.82) is 0 Å². The van der Waals surface area contributed by atoms with E-state index in [0.717, 1.165) is 25.8 Å². The molecule has 0 aliphatic carbocycles. The third-order valence-electron chi connectivity index (χ3n) is 2.88. The number of rotatable bonds is 4. The SMILES string of the molecule is Cn1nncc1S(=O)(=O)NC[C@H]1CCCCN1. The lowest BCUT2D eigenvalue weighted by atomic mass is 10.1. The van der Waals surface area contributed by atoms with Gasteiger partial charge in [0, 0.05) is 19.6 Å². The van der Waals surface area contributed by atoms with Crippen molar-refractivity contribution in [3.8, 4) is 0 Å². The zero-order chi connectivity index (χ0) is 12.3. The molecule has 2 rings (SSSR count). The molecule has 1 aromatic heterocycles. The summed E-state index contributed by atoms with van der Waals surface area (Å²) in [6.45, 7) is 1.37. The van der Waals surface area contributed by atoms with Crippen LogP contribution in [0.2, 0.25) is 0 Å². The molecule has 1 atom stereocenters. The van der Waals surface area contributed by atoms with E-state index in [1.54, 1.807) is 7.05 Å². The summed E-state index contributed by atoms with van der Waals surface area (Å²) in [5.74, 6) is 0. The Hall–Kier alpha value is -0.990. The molecule has 0 unspecified atom stereocenters. The Labute approximate surface area is 101 Å². The van der Waals surface area contributed by atoms with Crippen LogP contribution in [0.3, 0.4) is 0 Å². The molecule has 1 aromatic rings. The molecular weight excluding hydrogens is 242 g/mol. The van der Waals surface area contributed by atoms with Crippen LogP contribution in [0.5, 0.6) is 0 Å². The number of nitrogens with zero attached hydrogens (tertiary/aromatic N) is 3. The number of piperidine rings is 1. The van der Waals surface area contributed by atoms with Crippen molar-refractivity contribution in [2.75, 3.05) is 13.1 Å². The van der Waals surface area contributed by atoms with Gasteiger partial charge in [-0.05, 0) is 19.4 Å². The van der Waals surface area contributed by atoms with E-state index in [0.29, 0.717) is 6.54 Å². The van der Waals surface area contributed by atoms with Gasteiger partial charge in [-0.25, -0.2) is 17.8 Å². The Kier molecular flexibility index (Phi) is 3.75. The summed E-state index contributed by atoms with van der Waals surface area (Å²) in [6, 6.07) is 0.222. The zero-order valence-corrected chi connectivity index (χ0v) is 10.6. The zero-order valence-electron chi connectivity index (χ0n) is 9.76. The first-order chi connectivity index (χ1) is 8.09. The first-order valence-corrected chi connectivity index (χ1v) is 7.15. The lowest BCUT2D eigenvalue weighted by Gasteiger charge is -2.23. The maximum atomic E-state index is 11.9. The van der Waals surface area contributed by atoms with Crippen molar-refractivity contribution in [2.24, 2.45) is 7.05 Å². The van der Waals surface area contributed by atoms with Gasteiger partial charge in [-0.3, -0.25) is 0 Å². The molecule has 0 saturated carbocycles. The van der Waals surface area contributed by atoms with Crippen molar-refractivity contribution in [2.45, 2.75) is 30.3 Å². The highest BCUT2D eigenvalue weighted by atomic mass is 32.2. The Morgan fingerprint density at radius 3 is 3.00 bits per heavy atom. The molecule has 1 saturated heterocycles. The Morgan fingerprint density at radius 1 is 1.59 bits per heavy atom. The molecule has 96 valence electrons. The van der Waals surface area contributed by atoms with Crippen LogP contribution in [0.4, 0.5) is 0 Å². The summed E-state index contributed by atoms with van der Waals surface area (Å²) < 4.78 is 27.7. The molecular formula is C9H17N5O2S. The van der Waals surface area contributed by atoms with Crippen LogP contribution in [0.15, 0.2) is 11.2 Å². The minimum absolute atomic E-state index is 0.0910. The molecule has 1 aliphatic rings. The maximum Gasteiger partial charge on any atom is 0.259 e. The highest BCUT2D eigenvalue weighted by Gasteiger charge is 2.21. The Balaban J connectivity index is 1.96. The molecule has 7 nitrogen and oxygen atoms in total. The summed E-state index contributed by atoms with van der Waals surface area (Å²) in [5, 5.41) is 10.5. The van der Waals surface area contributed by atoms with Crippen LogP contribution in [0, 0.1) is 0 Å². The minimum Gasteiger partial charge on any atom is -0.313 e. The van der Waals surface area contributed by atoms with Gasteiger partial charge in [0.05, 0.1) is 6.20 Å². The van der Waals surface area contributed by atoms with Crippen molar-refractivity contribution < 1.29 is 8.42 Å². The minimum atomic E-state index is -3.50. The standard InChI is InChI=1S/C9H17N5O2S/c1-14-9(7-11-13-14)17(15,16)12-6-8-4-2-3-5-10-8/h7-8,10,12H,2-6H2,1H3/t8-/m1/s1. The number of aromatic nitrogens is 3. The van der Waals surface area contributed by atoms with E-state index in [4.69, 9.17) is 0 Å². The van der Waals surface area contributed by atoms with Crippen molar-refractivity contribution in [1.82, 2.24) is 25.0 Å². The van der Waals surface area contributed by atoms with Crippen LogP contribution in [0.1, 0.15) is 19.3 Å². The number of nitrogens with one attached hydrogen (secondary N) is 2. The monoisotopic (exact) mass is 259 g/mol. The molecule has 2 heterocycles. The third kappa shape index (κ3) is 3.02. The fourth-order valence-electron chi connectivity index (χ4n) is 1.91. The average molecular weight is 259 g/mol. The highest BCUT2D eigenvalue weighted by molar-refractivity contribution is 7.89. The van der Waals surface area contributed by atoms with Gasteiger partial charge in [0.15, 0.2) is 5.03 Å². The van der Waals surface area contributed by atoms with Crippen LogP contribution in [-0.2, 0) is 17.1 Å². The predicted molar refractivity (Wildman–Crippen MR) is 61.8 cm³/mol. The molecule has 0 aromatic carbocycles. The van der Waals surface area contributed by atoms with Crippen molar-refractivity contribution in [3.05, 3.63) is 6.20 Å². The first kappa shape index (κ1) is 12.5. The van der Waals surface area contributed by atoms with Gasteiger partial charge in [-0.15, -0.1) is 5.10 Å². The molecule has 1 aliphatic heterocycles. The number of hydrogen-bond donors (Lipinski definition) is 2. The molecule has 0 bridgehead atoms. The van der Waals surface area contributed by atoms with Gasteiger partial charge in [0.25, 0.3) is 10.0 Å². The average Bonchev–Trinajstić information content (AvgIpc) is 2.75. The van der Waals surface area contributed by atoms with E-state index < -0.39 is 10.0 Å². The summed E-state index contributed by atoms with van der Waals surface area (Å²) in [4.78, 5) is 0. The fraction of sp³-hybridized carbons (Fsp3) is 0.778. The second-order valence-corrected chi connectivity index (χ2v) is 5.91. The third-order valence-corrected chi connectivity index (χ3v) is 4.35. The number of sulfonamides is 1. The number of hydrogen-bond acceptors (Lipinski definition) is 5. The van der Waals surface area contributed by atoms with Gasteiger partial charge in [-0.2, -0.15) is 0 Å². The molecule has 2 N–H and O–H groups in total. The summed E-state index contributed by atoms with van der Waals surface area (Å²) in [6.07, 6.45) is 4.56. The second-order valence-electron chi connectivity index (χ2n) is 4.19. The topological polar surface area (TPSA) is 88.9 Å². The van der Waals surface area contributed by atoms with Gasteiger partial charge in [0.1, 0.15) is 0 Å². The van der Waals surface area contributed by atoms with E-state index in [1.165, 1.54) is 10.9 Å². The van der Waals surface area contributed by atoms with Gasteiger partial charge in [0.2, 0.25) is 0 Å². The summed E-state index contributed by atoms with van der Waals surface area (Å²) >= 11 is 0. The quantitative estimate of drug-likeness (QED) is 0.741. The van der Waals surface area contributed by atoms with E-state index in [2.05, 4.69) is 20.4 Å². The van der Waals surface area contributed by atoms with Gasteiger partial charge in [-0.1, -0.05) is 11.6 Å². The fourth-order valence-corrected chi connectivity index (χ4v) is 3.04. The maximum absolute atomic E-state index is 11.9. The lowest BCUT2D eigenvalue weighted by Crippen LogP contribution is -2.43. The largest absolute Gasteiger partial charge is 0.313 e. The molecule has 1 fully saturated rings. The van der Waals surface area contributed by atoms with Crippen LogP contribution >= 0.6 is 0 Å². The lowest BCUT2D eigenvalue weighted by molar-refractivity contribution is 0.397. The number of aryl methyl sites for hydroxylation is 1.